The van der Waals surface area contributed by atoms with Crippen molar-refractivity contribution in [1.82, 2.24) is 0 Å². The number of sulfone groups is 1. The van der Waals surface area contributed by atoms with E-state index in [1.54, 1.807) is 6.07 Å². The van der Waals surface area contributed by atoms with E-state index >= 15 is 0 Å². The highest BCUT2D eigenvalue weighted by molar-refractivity contribution is 7.91. The van der Waals surface area contributed by atoms with E-state index < -0.39 is 9.84 Å². The molecule has 17 heavy (non-hydrogen) atoms. The third kappa shape index (κ3) is 3.87. The number of hydrogen-bond acceptors (Lipinski definition) is 4. The van der Waals surface area contributed by atoms with Crippen LogP contribution in [0, 0.1) is 0 Å². The molecule has 4 nitrogen and oxygen atoms in total. The van der Waals surface area contributed by atoms with Crippen LogP contribution in [0.15, 0.2) is 23.1 Å². The van der Waals surface area contributed by atoms with Crippen LogP contribution in [0.5, 0.6) is 0 Å². The number of nitrogens with two attached hydrogens (primary N) is 1. The second kappa shape index (κ2) is 6.23. The summed E-state index contributed by atoms with van der Waals surface area (Å²) < 4.78 is 29.1. The summed E-state index contributed by atoms with van der Waals surface area (Å²) in [4.78, 5) is 0.0261. The van der Waals surface area contributed by atoms with Gasteiger partial charge >= 0.3 is 0 Å². The van der Waals surface area contributed by atoms with Gasteiger partial charge in [0, 0.05) is 13.2 Å². The predicted octanol–water partition coefficient (Wildman–Crippen LogP) is 2.12. The Balaban J connectivity index is 2.83. The SMILES string of the molecule is CCOCCCS(=O)(=O)c1c(N)cccc1Cl. The van der Waals surface area contributed by atoms with Crippen molar-refractivity contribution in [3.63, 3.8) is 0 Å². The quantitative estimate of drug-likeness (QED) is 0.639. The zero-order valence-corrected chi connectivity index (χ0v) is 11.2. The number of halogens is 1. The molecule has 0 spiro atoms. The lowest BCUT2D eigenvalue weighted by Gasteiger charge is -2.09. The first-order valence-corrected chi connectivity index (χ1v) is 7.36. The summed E-state index contributed by atoms with van der Waals surface area (Å²) in [6, 6.07) is 4.67. The van der Waals surface area contributed by atoms with E-state index in [0.29, 0.717) is 19.6 Å². The van der Waals surface area contributed by atoms with Gasteiger partial charge in [-0.2, -0.15) is 0 Å². The van der Waals surface area contributed by atoms with Gasteiger partial charge in [0.2, 0.25) is 0 Å². The molecule has 1 aromatic carbocycles. The normalized spacial score (nSPS) is 11.6. The molecule has 0 unspecified atom stereocenters. The van der Waals surface area contributed by atoms with Gasteiger partial charge in [0.25, 0.3) is 0 Å². The average molecular weight is 278 g/mol. The van der Waals surface area contributed by atoms with Crippen LogP contribution >= 0.6 is 11.6 Å². The van der Waals surface area contributed by atoms with Crippen LogP contribution in [0.3, 0.4) is 0 Å². The lowest BCUT2D eigenvalue weighted by molar-refractivity contribution is 0.148. The van der Waals surface area contributed by atoms with Crippen LogP contribution in [0.2, 0.25) is 5.02 Å². The van der Waals surface area contributed by atoms with Crippen LogP contribution in [0.1, 0.15) is 13.3 Å². The van der Waals surface area contributed by atoms with E-state index in [9.17, 15) is 8.42 Å². The number of nitrogen functional groups attached to an aromatic ring is 1. The Labute approximate surface area is 107 Å². The first-order chi connectivity index (χ1) is 7.99. The fourth-order valence-electron chi connectivity index (χ4n) is 1.45. The highest BCUT2D eigenvalue weighted by Crippen LogP contribution is 2.28. The van der Waals surface area contributed by atoms with Crippen LogP contribution in [-0.4, -0.2) is 27.4 Å². The predicted molar refractivity (Wildman–Crippen MR) is 69.0 cm³/mol. The molecule has 0 atom stereocenters. The molecule has 0 saturated carbocycles. The molecule has 96 valence electrons. The zero-order valence-electron chi connectivity index (χ0n) is 9.65. The lowest BCUT2D eigenvalue weighted by Crippen LogP contribution is -2.12. The molecule has 2 N–H and O–H groups in total. The molecule has 0 heterocycles. The van der Waals surface area contributed by atoms with Gasteiger partial charge in [-0.05, 0) is 25.5 Å². The van der Waals surface area contributed by atoms with Crippen molar-refractivity contribution >= 4 is 27.1 Å². The molecule has 1 aromatic rings. The molecule has 0 amide bonds. The summed E-state index contributed by atoms with van der Waals surface area (Å²) in [7, 11) is -3.44. The van der Waals surface area contributed by atoms with Gasteiger partial charge in [0.05, 0.1) is 16.5 Å². The van der Waals surface area contributed by atoms with Crippen LogP contribution in [0.4, 0.5) is 5.69 Å². The highest BCUT2D eigenvalue weighted by atomic mass is 35.5. The Morgan fingerprint density at radius 3 is 2.71 bits per heavy atom. The summed E-state index contributed by atoms with van der Waals surface area (Å²) in [6.07, 6.45) is 0.431. The molecule has 0 aromatic heterocycles. The number of hydrogen-bond donors (Lipinski definition) is 1. The zero-order chi connectivity index (χ0) is 12.9. The van der Waals surface area contributed by atoms with Gasteiger partial charge in [0.15, 0.2) is 9.84 Å². The minimum Gasteiger partial charge on any atom is -0.398 e. The van der Waals surface area contributed by atoms with E-state index in [-0.39, 0.29) is 21.4 Å². The Morgan fingerprint density at radius 1 is 1.41 bits per heavy atom. The van der Waals surface area contributed by atoms with Crippen molar-refractivity contribution in [3.8, 4) is 0 Å². The molecule has 6 heteroatoms. The smallest absolute Gasteiger partial charge is 0.181 e. The third-order valence-electron chi connectivity index (χ3n) is 2.21. The minimum absolute atomic E-state index is 0.0130. The second-order valence-electron chi connectivity index (χ2n) is 3.53. The van der Waals surface area contributed by atoms with Crippen molar-refractivity contribution in [2.24, 2.45) is 0 Å². The van der Waals surface area contributed by atoms with Crippen molar-refractivity contribution in [2.75, 3.05) is 24.7 Å². The Hall–Kier alpha value is -0.780. The van der Waals surface area contributed by atoms with Crippen molar-refractivity contribution in [3.05, 3.63) is 23.2 Å². The maximum Gasteiger partial charge on any atom is 0.181 e. The summed E-state index contributed by atoms with van der Waals surface area (Å²) in [5, 5.41) is 0.168. The maximum atomic E-state index is 12.0. The molecule has 0 saturated heterocycles. The van der Waals surface area contributed by atoms with Gasteiger partial charge in [0.1, 0.15) is 4.90 Å². The van der Waals surface area contributed by atoms with E-state index in [4.69, 9.17) is 22.1 Å². The van der Waals surface area contributed by atoms with E-state index in [2.05, 4.69) is 0 Å². The third-order valence-corrected chi connectivity index (χ3v) is 4.55. The summed E-state index contributed by atoms with van der Waals surface area (Å²) in [5.74, 6) is -0.0130. The average Bonchev–Trinajstić information content (AvgIpc) is 2.24. The van der Waals surface area contributed by atoms with Gasteiger partial charge in [-0.1, -0.05) is 17.7 Å². The largest absolute Gasteiger partial charge is 0.398 e. The maximum absolute atomic E-state index is 12.0. The fraction of sp³-hybridized carbons (Fsp3) is 0.455. The van der Waals surface area contributed by atoms with Gasteiger partial charge in [-0.15, -0.1) is 0 Å². The standard InChI is InChI=1S/C11H16ClNO3S/c1-2-16-7-4-8-17(14,15)11-9(12)5-3-6-10(11)13/h3,5-6H,2,4,7-8,13H2,1H3. The molecule has 0 radical (unpaired) electrons. The van der Waals surface area contributed by atoms with Gasteiger partial charge in [-0.3, -0.25) is 0 Å². The molecule has 1 rings (SSSR count). The molecular weight excluding hydrogens is 262 g/mol. The highest BCUT2D eigenvalue weighted by Gasteiger charge is 2.20. The Morgan fingerprint density at radius 2 is 2.12 bits per heavy atom. The Kier molecular flexibility index (Phi) is 5.24. The van der Waals surface area contributed by atoms with Crippen molar-refractivity contribution < 1.29 is 13.2 Å². The summed E-state index contributed by atoms with van der Waals surface area (Å²) in [6.45, 7) is 2.86. The second-order valence-corrected chi connectivity index (χ2v) is 5.98. The van der Waals surface area contributed by atoms with Crippen molar-refractivity contribution in [2.45, 2.75) is 18.2 Å². The topological polar surface area (TPSA) is 69.4 Å². The first-order valence-electron chi connectivity index (χ1n) is 5.33. The summed E-state index contributed by atoms with van der Waals surface area (Å²) >= 11 is 5.86. The Bertz CT molecular complexity index is 453. The number of benzene rings is 1. The van der Waals surface area contributed by atoms with E-state index in [1.165, 1.54) is 12.1 Å². The fourth-order valence-corrected chi connectivity index (χ4v) is 3.48. The molecule has 0 aliphatic carbocycles. The van der Waals surface area contributed by atoms with Crippen LogP contribution < -0.4 is 5.73 Å². The molecule has 0 aliphatic rings. The van der Waals surface area contributed by atoms with Gasteiger partial charge < -0.3 is 10.5 Å². The molecule has 0 aliphatic heterocycles. The first kappa shape index (κ1) is 14.3. The molecule has 0 bridgehead atoms. The lowest BCUT2D eigenvalue weighted by atomic mass is 10.3. The van der Waals surface area contributed by atoms with E-state index in [1.807, 2.05) is 6.92 Å². The monoisotopic (exact) mass is 277 g/mol. The van der Waals surface area contributed by atoms with Crippen molar-refractivity contribution in [1.29, 1.82) is 0 Å². The van der Waals surface area contributed by atoms with Crippen LogP contribution in [0.25, 0.3) is 0 Å². The molecular formula is C11H16ClNO3S. The van der Waals surface area contributed by atoms with Crippen LogP contribution in [-0.2, 0) is 14.6 Å². The molecule has 0 fully saturated rings. The van der Waals surface area contributed by atoms with Gasteiger partial charge in [-0.25, -0.2) is 8.42 Å². The minimum atomic E-state index is -3.44. The number of ether oxygens (including phenoxy) is 1. The number of rotatable bonds is 6. The summed E-state index contributed by atoms with van der Waals surface area (Å²) in [5.41, 5.74) is 5.83. The van der Waals surface area contributed by atoms with E-state index in [0.717, 1.165) is 0 Å². The number of anilines is 1.